The fraction of sp³-hybridized carbons (Fsp3) is 0. The number of nitrogens with zero attached hydrogens (tertiary/aromatic N) is 2. The van der Waals surface area contributed by atoms with Crippen molar-refractivity contribution in [2.45, 2.75) is 0 Å². The van der Waals surface area contributed by atoms with Crippen molar-refractivity contribution in [2.75, 3.05) is 0 Å². The molecule has 0 N–H and O–H groups in total. The molecular formula is C18H12N2S. The van der Waals surface area contributed by atoms with Crippen molar-refractivity contribution >= 4 is 21.6 Å². The second-order valence-electron chi connectivity index (χ2n) is 4.81. The summed E-state index contributed by atoms with van der Waals surface area (Å²) in [6.45, 7) is 0. The predicted molar refractivity (Wildman–Crippen MR) is 88.3 cm³/mol. The van der Waals surface area contributed by atoms with Gasteiger partial charge in [0.15, 0.2) is 0 Å². The van der Waals surface area contributed by atoms with E-state index in [9.17, 15) is 0 Å². The highest BCUT2D eigenvalue weighted by Crippen LogP contribution is 2.31. The first-order valence-corrected chi connectivity index (χ1v) is 7.58. The highest BCUT2D eigenvalue weighted by atomic mass is 32.1. The molecule has 0 spiro atoms. The Balaban J connectivity index is 1.82. The molecule has 0 aliphatic heterocycles. The van der Waals surface area contributed by atoms with Crippen molar-refractivity contribution in [2.24, 2.45) is 0 Å². The first-order chi connectivity index (χ1) is 10.4. The van der Waals surface area contributed by atoms with Crippen molar-refractivity contribution in [3.8, 4) is 21.7 Å². The maximum absolute atomic E-state index is 4.67. The second kappa shape index (κ2) is 5.11. The zero-order valence-electron chi connectivity index (χ0n) is 11.2. The van der Waals surface area contributed by atoms with Gasteiger partial charge in [0.25, 0.3) is 0 Å². The summed E-state index contributed by atoms with van der Waals surface area (Å²) in [4.78, 5) is 8.80. The van der Waals surface area contributed by atoms with Crippen molar-refractivity contribution in [1.82, 2.24) is 9.97 Å². The Bertz CT molecular complexity index is 864. The minimum absolute atomic E-state index is 0.961. The Morgan fingerprint density at radius 1 is 0.762 bits per heavy atom. The first-order valence-electron chi connectivity index (χ1n) is 6.76. The monoisotopic (exact) mass is 288 g/mol. The molecule has 2 heterocycles. The van der Waals surface area contributed by atoms with Gasteiger partial charge in [-0.1, -0.05) is 48.5 Å². The molecule has 0 atom stereocenters. The standard InChI is InChI=1S/C18H12N2S/c1-2-5-13(6-3-1)14-7-4-8-15(11-14)18-20-16-12-19-10-9-17(16)21-18/h1-12H. The van der Waals surface area contributed by atoms with Gasteiger partial charge < -0.3 is 0 Å². The van der Waals surface area contributed by atoms with Gasteiger partial charge in [-0.15, -0.1) is 11.3 Å². The lowest BCUT2D eigenvalue weighted by Crippen LogP contribution is -1.80. The molecule has 0 bridgehead atoms. The topological polar surface area (TPSA) is 25.8 Å². The largest absolute Gasteiger partial charge is 0.262 e. The number of hydrogen-bond acceptors (Lipinski definition) is 3. The number of hydrogen-bond donors (Lipinski definition) is 0. The molecule has 100 valence electrons. The second-order valence-corrected chi connectivity index (χ2v) is 5.84. The summed E-state index contributed by atoms with van der Waals surface area (Å²) in [7, 11) is 0. The van der Waals surface area contributed by atoms with Gasteiger partial charge >= 0.3 is 0 Å². The van der Waals surface area contributed by atoms with Crippen LogP contribution in [0.3, 0.4) is 0 Å². The van der Waals surface area contributed by atoms with E-state index in [1.54, 1.807) is 11.3 Å². The molecule has 4 aromatic rings. The van der Waals surface area contributed by atoms with Crippen LogP contribution in [0.15, 0.2) is 73.1 Å². The minimum atomic E-state index is 0.961. The lowest BCUT2D eigenvalue weighted by atomic mass is 10.0. The van der Waals surface area contributed by atoms with E-state index in [0.29, 0.717) is 0 Å². The van der Waals surface area contributed by atoms with E-state index in [-0.39, 0.29) is 0 Å². The first kappa shape index (κ1) is 12.2. The minimum Gasteiger partial charge on any atom is -0.262 e. The van der Waals surface area contributed by atoms with Crippen molar-refractivity contribution in [1.29, 1.82) is 0 Å². The molecule has 2 aromatic carbocycles. The van der Waals surface area contributed by atoms with E-state index in [2.05, 4.69) is 58.5 Å². The van der Waals surface area contributed by atoms with E-state index < -0.39 is 0 Å². The Kier molecular flexibility index (Phi) is 2.98. The smallest absolute Gasteiger partial charge is 0.124 e. The summed E-state index contributed by atoms with van der Waals surface area (Å²) in [5.74, 6) is 0. The third-order valence-corrected chi connectivity index (χ3v) is 4.49. The van der Waals surface area contributed by atoms with Crippen molar-refractivity contribution in [3.05, 3.63) is 73.1 Å². The van der Waals surface area contributed by atoms with Crippen molar-refractivity contribution in [3.63, 3.8) is 0 Å². The molecule has 0 unspecified atom stereocenters. The summed E-state index contributed by atoms with van der Waals surface area (Å²) >= 11 is 1.70. The van der Waals surface area contributed by atoms with E-state index in [1.807, 2.05) is 24.5 Å². The van der Waals surface area contributed by atoms with Crippen LogP contribution in [0.5, 0.6) is 0 Å². The highest BCUT2D eigenvalue weighted by Gasteiger charge is 2.07. The van der Waals surface area contributed by atoms with Gasteiger partial charge in [0.2, 0.25) is 0 Å². The summed E-state index contributed by atoms with van der Waals surface area (Å²) < 4.78 is 1.17. The van der Waals surface area contributed by atoms with Gasteiger partial charge in [0, 0.05) is 11.8 Å². The predicted octanol–water partition coefficient (Wildman–Crippen LogP) is 5.03. The Morgan fingerprint density at radius 3 is 2.43 bits per heavy atom. The molecule has 0 aliphatic rings. The maximum atomic E-state index is 4.67. The number of thiazole rings is 1. The van der Waals surface area contributed by atoms with Crippen LogP contribution < -0.4 is 0 Å². The van der Waals surface area contributed by atoms with Crippen LogP contribution in [0.25, 0.3) is 31.9 Å². The average molecular weight is 288 g/mol. The molecule has 21 heavy (non-hydrogen) atoms. The zero-order chi connectivity index (χ0) is 14.1. The third-order valence-electron chi connectivity index (χ3n) is 3.41. The highest BCUT2D eigenvalue weighted by molar-refractivity contribution is 7.21. The lowest BCUT2D eigenvalue weighted by Gasteiger charge is -2.03. The number of pyridine rings is 1. The summed E-state index contributed by atoms with van der Waals surface area (Å²) in [6.07, 6.45) is 3.63. The van der Waals surface area contributed by atoms with Crippen LogP contribution in [-0.2, 0) is 0 Å². The number of fused-ring (bicyclic) bond motifs is 1. The van der Waals surface area contributed by atoms with E-state index in [1.165, 1.54) is 15.8 Å². The quantitative estimate of drug-likeness (QED) is 0.517. The van der Waals surface area contributed by atoms with Crippen LogP contribution in [0, 0.1) is 0 Å². The van der Waals surface area contributed by atoms with Crippen molar-refractivity contribution < 1.29 is 0 Å². The van der Waals surface area contributed by atoms with Crippen LogP contribution in [-0.4, -0.2) is 9.97 Å². The molecule has 2 nitrogen and oxygen atoms in total. The molecule has 2 aromatic heterocycles. The molecular weight excluding hydrogens is 276 g/mol. The van der Waals surface area contributed by atoms with Gasteiger partial charge in [-0.25, -0.2) is 4.98 Å². The van der Waals surface area contributed by atoms with Gasteiger partial charge in [-0.05, 0) is 23.3 Å². The molecule has 3 heteroatoms. The Morgan fingerprint density at radius 2 is 1.57 bits per heavy atom. The van der Waals surface area contributed by atoms with Crippen LogP contribution in [0.1, 0.15) is 0 Å². The summed E-state index contributed by atoms with van der Waals surface area (Å²) in [5.41, 5.74) is 4.55. The van der Waals surface area contributed by atoms with E-state index in [4.69, 9.17) is 0 Å². The van der Waals surface area contributed by atoms with Gasteiger partial charge in [0.1, 0.15) is 10.5 Å². The number of rotatable bonds is 2. The molecule has 0 amide bonds. The molecule has 0 fully saturated rings. The SMILES string of the molecule is c1ccc(-c2cccc(-c3nc4cnccc4s3)c2)cc1. The van der Waals surface area contributed by atoms with Gasteiger partial charge in [-0.2, -0.15) is 0 Å². The number of benzene rings is 2. The molecule has 0 aliphatic carbocycles. The van der Waals surface area contributed by atoms with Crippen LogP contribution >= 0.6 is 11.3 Å². The molecule has 0 radical (unpaired) electrons. The van der Waals surface area contributed by atoms with Gasteiger partial charge in [-0.3, -0.25) is 4.98 Å². The Hall–Kier alpha value is -2.52. The summed E-state index contributed by atoms with van der Waals surface area (Å²) in [5, 5.41) is 1.04. The molecule has 4 rings (SSSR count). The summed E-state index contributed by atoms with van der Waals surface area (Å²) in [6, 6.07) is 20.9. The fourth-order valence-electron chi connectivity index (χ4n) is 2.37. The average Bonchev–Trinajstić information content (AvgIpc) is 3.00. The normalized spacial score (nSPS) is 10.9. The van der Waals surface area contributed by atoms with Gasteiger partial charge in [0.05, 0.1) is 10.9 Å². The Labute approximate surface area is 126 Å². The van der Waals surface area contributed by atoms with E-state index >= 15 is 0 Å². The zero-order valence-corrected chi connectivity index (χ0v) is 12.0. The van der Waals surface area contributed by atoms with Crippen LogP contribution in [0.2, 0.25) is 0 Å². The lowest BCUT2D eigenvalue weighted by molar-refractivity contribution is 1.34. The molecule has 0 saturated heterocycles. The fourth-order valence-corrected chi connectivity index (χ4v) is 3.29. The third kappa shape index (κ3) is 2.32. The number of aromatic nitrogens is 2. The maximum Gasteiger partial charge on any atom is 0.124 e. The van der Waals surface area contributed by atoms with E-state index in [0.717, 1.165) is 16.1 Å². The van der Waals surface area contributed by atoms with Crippen LogP contribution in [0.4, 0.5) is 0 Å². The molecule has 0 saturated carbocycles.